The first-order chi connectivity index (χ1) is 9.22. The van der Waals surface area contributed by atoms with Crippen molar-refractivity contribution in [2.45, 2.75) is 13.0 Å². The van der Waals surface area contributed by atoms with Gasteiger partial charge in [-0.25, -0.2) is 0 Å². The number of para-hydroxylation sites is 2. The van der Waals surface area contributed by atoms with E-state index in [1.165, 1.54) is 0 Å². The zero-order chi connectivity index (χ0) is 13.7. The lowest BCUT2D eigenvalue weighted by atomic mass is 10.2. The zero-order valence-corrected chi connectivity index (χ0v) is 11.4. The van der Waals surface area contributed by atoms with Gasteiger partial charge in [-0.15, -0.1) is 0 Å². The molecule has 1 atom stereocenters. The van der Waals surface area contributed by atoms with Gasteiger partial charge in [0.15, 0.2) is 11.5 Å². The summed E-state index contributed by atoms with van der Waals surface area (Å²) in [6.07, 6.45) is 0. The number of benzene rings is 1. The van der Waals surface area contributed by atoms with Crippen molar-refractivity contribution < 1.29 is 14.3 Å². The number of hydrogen-bond acceptors (Lipinski definition) is 4. The summed E-state index contributed by atoms with van der Waals surface area (Å²) in [4.78, 5) is 13.7. The molecule has 1 aliphatic rings. The fourth-order valence-electron chi connectivity index (χ4n) is 2.11. The van der Waals surface area contributed by atoms with Crippen LogP contribution in [0, 0.1) is 0 Å². The predicted molar refractivity (Wildman–Crippen MR) is 72.5 cm³/mol. The molecule has 0 radical (unpaired) electrons. The molecule has 104 valence electrons. The molecular weight excluding hydrogens is 244 g/mol. The minimum atomic E-state index is -0.0972. The van der Waals surface area contributed by atoms with E-state index in [9.17, 15) is 4.79 Å². The summed E-state index contributed by atoms with van der Waals surface area (Å²) in [6, 6.07) is 7.41. The summed E-state index contributed by atoms with van der Waals surface area (Å²) in [7, 11) is 1.61. The number of hydrogen-bond donors (Lipinski definition) is 1. The average molecular weight is 264 g/mol. The van der Waals surface area contributed by atoms with Crippen LogP contribution in [0.4, 0.5) is 0 Å². The predicted octanol–water partition coefficient (Wildman–Crippen LogP) is 0.894. The molecule has 1 aromatic carbocycles. The third-order valence-electron chi connectivity index (χ3n) is 3.20. The lowest BCUT2D eigenvalue weighted by molar-refractivity contribution is -0.135. The number of ether oxygens (including phenoxy) is 2. The Labute approximate surface area is 113 Å². The van der Waals surface area contributed by atoms with Crippen molar-refractivity contribution in [3.63, 3.8) is 0 Å². The lowest BCUT2D eigenvalue weighted by Gasteiger charge is -2.31. The third kappa shape index (κ3) is 3.38. The van der Waals surface area contributed by atoms with Crippen LogP contribution in [-0.4, -0.2) is 50.2 Å². The summed E-state index contributed by atoms with van der Waals surface area (Å²) in [5.74, 6) is 1.55. The molecule has 1 saturated heterocycles. The molecule has 0 spiro atoms. The van der Waals surface area contributed by atoms with E-state index in [2.05, 4.69) is 5.32 Å². The Morgan fingerprint density at radius 3 is 2.84 bits per heavy atom. The summed E-state index contributed by atoms with van der Waals surface area (Å²) in [5, 5.41) is 3.14. The van der Waals surface area contributed by atoms with Crippen LogP contribution in [0.3, 0.4) is 0 Å². The molecule has 1 amide bonds. The number of carbonyl (C=O) groups excluding carboxylic acids is 1. The Kier molecular flexibility index (Phi) is 4.63. The van der Waals surface area contributed by atoms with Crippen LogP contribution < -0.4 is 14.8 Å². The minimum absolute atomic E-state index is 0.0972. The first kappa shape index (κ1) is 13.7. The molecule has 1 fully saturated rings. The average Bonchev–Trinajstić information content (AvgIpc) is 2.44. The van der Waals surface area contributed by atoms with Gasteiger partial charge in [0.1, 0.15) is 6.61 Å². The van der Waals surface area contributed by atoms with Crippen molar-refractivity contribution in [2.75, 3.05) is 33.4 Å². The number of amides is 1. The Morgan fingerprint density at radius 1 is 1.37 bits per heavy atom. The smallest absolute Gasteiger partial charge is 0.239 e. The quantitative estimate of drug-likeness (QED) is 0.858. The second kappa shape index (κ2) is 6.43. The van der Waals surface area contributed by atoms with Crippen LogP contribution in [0.25, 0.3) is 0 Å². The highest BCUT2D eigenvalue weighted by Crippen LogP contribution is 2.25. The van der Waals surface area contributed by atoms with E-state index in [0.29, 0.717) is 24.7 Å². The SMILES string of the molecule is COc1ccccc1OCCN1CCNC(C)C1=O. The van der Waals surface area contributed by atoms with Crippen molar-refractivity contribution >= 4 is 5.91 Å². The van der Waals surface area contributed by atoms with Gasteiger partial charge in [0, 0.05) is 13.1 Å². The monoisotopic (exact) mass is 264 g/mol. The highest BCUT2D eigenvalue weighted by atomic mass is 16.5. The number of nitrogens with zero attached hydrogens (tertiary/aromatic N) is 1. The molecule has 19 heavy (non-hydrogen) atoms. The minimum Gasteiger partial charge on any atom is -0.493 e. The molecular formula is C14H20N2O3. The van der Waals surface area contributed by atoms with Gasteiger partial charge in [0.05, 0.1) is 19.7 Å². The Bertz CT molecular complexity index is 436. The molecule has 0 aromatic heterocycles. The topological polar surface area (TPSA) is 50.8 Å². The second-order valence-corrected chi connectivity index (χ2v) is 4.50. The van der Waals surface area contributed by atoms with E-state index in [-0.39, 0.29) is 11.9 Å². The van der Waals surface area contributed by atoms with Gasteiger partial charge >= 0.3 is 0 Å². The largest absolute Gasteiger partial charge is 0.493 e. The van der Waals surface area contributed by atoms with Crippen LogP contribution in [-0.2, 0) is 4.79 Å². The summed E-state index contributed by atoms with van der Waals surface area (Å²) < 4.78 is 10.9. The molecule has 1 unspecified atom stereocenters. The summed E-state index contributed by atoms with van der Waals surface area (Å²) in [5.41, 5.74) is 0. The van der Waals surface area contributed by atoms with Crippen LogP contribution in [0.5, 0.6) is 11.5 Å². The normalized spacial score (nSPS) is 19.4. The molecule has 1 aromatic rings. The molecule has 5 nitrogen and oxygen atoms in total. The maximum Gasteiger partial charge on any atom is 0.239 e. The molecule has 0 saturated carbocycles. The molecule has 0 aliphatic carbocycles. The van der Waals surface area contributed by atoms with Gasteiger partial charge in [-0.05, 0) is 19.1 Å². The number of methoxy groups -OCH3 is 1. The van der Waals surface area contributed by atoms with E-state index >= 15 is 0 Å². The van der Waals surface area contributed by atoms with E-state index in [0.717, 1.165) is 13.1 Å². The fraction of sp³-hybridized carbons (Fsp3) is 0.500. The van der Waals surface area contributed by atoms with Crippen molar-refractivity contribution in [1.29, 1.82) is 0 Å². The number of rotatable bonds is 5. The highest BCUT2D eigenvalue weighted by Gasteiger charge is 2.24. The van der Waals surface area contributed by atoms with Gasteiger partial charge in [-0.3, -0.25) is 4.79 Å². The maximum atomic E-state index is 11.9. The lowest BCUT2D eigenvalue weighted by Crippen LogP contribution is -2.54. The third-order valence-corrected chi connectivity index (χ3v) is 3.20. The first-order valence-corrected chi connectivity index (χ1v) is 6.50. The number of piperazine rings is 1. The fourth-order valence-corrected chi connectivity index (χ4v) is 2.11. The van der Waals surface area contributed by atoms with Crippen molar-refractivity contribution in [1.82, 2.24) is 10.2 Å². The van der Waals surface area contributed by atoms with E-state index < -0.39 is 0 Å². The molecule has 5 heteroatoms. The van der Waals surface area contributed by atoms with Gasteiger partial charge < -0.3 is 19.7 Å². The number of nitrogens with one attached hydrogen (secondary N) is 1. The zero-order valence-electron chi connectivity index (χ0n) is 11.4. The summed E-state index contributed by atoms with van der Waals surface area (Å²) in [6.45, 7) is 4.53. The van der Waals surface area contributed by atoms with Crippen LogP contribution in [0.2, 0.25) is 0 Å². The molecule has 1 aliphatic heterocycles. The highest BCUT2D eigenvalue weighted by molar-refractivity contribution is 5.82. The van der Waals surface area contributed by atoms with Crippen molar-refractivity contribution in [3.8, 4) is 11.5 Å². The van der Waals surface area contributed by atoms with Crippen LogP contribution in [0.1, 0.15) is 6.92 Å². The van der Waals surface area contributed by atoms with E-state index in [1.54, 1.807) is 7.11 Å². The first-order valence-electron chi connectivity index (χ1n) is 6.50. The van der Waals surface area contributed by atoms with Gasteiger partial charge in [-0.2, -0.15) is 0 Å². The second-order valence-electron chi connectivity index (χ2n) is 4.50. The van der Waals surface area contributed by atoms with E-state index in [4.69, 9.17) is 9.47 Å². The van der Waals surface area contributed by atoms with Crippen molar-refractivity contribution in [3.05, 3.63) is 24.3 Å². The van der Waals surface area contributed by atoms with Gasteiger partial charge in [0.2, 0.25) is 5.91 Å². The van der Waals surface area contributed by atoms with E-state index in [1.807, 2.05) is 36.1 Å². The molecule has 1 heterocycles. The number of carbonyl (C=O) groups is 1. The Hall–Kier alpha value is -1.75. The molecule has 2 rings (SSSR count). The molecule has 1 N–H and O–H groups in total. The standard InChI is InChI=1S/C14H20N2O3/c1-11-14(17)16(8-7-15-11)9-10-19-13-6-4-3-5-12(13)18-2/h3-6,11,15H,7-10H2,1-2H3. The van der Waals surface area contributed by atoms with Crippen molar-refractivity contribution in [2.24, 2.45) is 0 Å². The van der Waals surface area contributed by atoms with Gasteiger partial charge in [0.25, 0.3) is 0 Å². The Morgan fingerprint density at radius 2 is 2.11 bits per heavy atom. The van der Waals surface area contributed by atoms with Crippen LogP contribution >= 0.6 is 0 Å². The Balaban J connectivity index is 1.84. The summed E-state index contributed by atoms with van der Waals surface area (Å²) >= 11 is 0. The van der Waals surface area contributed by atoms with Crippen LogP contribution in [0.15, 0.2) is 24.3 Å². The maximum absolute atomic E-state index is 11.9. The van der Waals surface area contributed by atoms with Gasteiger partial charge in [-0.1, -0.05) is 12.1 Å². The molecule has 0 bridgehead atoms.